The number of nitrogens with one attached hydrogen (secondary N) is 1. The quantitative estimate of drug-likeness (QED) is 0.534. The molecule has 0 radical (unpaired) electrons. The van der Waals surface area contributed by atoms with Crippen LogP contribution in [0.25, 0.3) is 0 Å². The number of carbonyl (C=O) groups excluding carboxylic acids is 1. The van der Waals surface area contributed by atoms with Gasteiger partial charge in [0.1, 0.15) is 5.75 Å². The lowest BCUT2D eigenvalue weighted by molar-refractivity contribution is -0.00520. The van der Waals surface area contributed by atoms with E-state index in [1.54, 1.807) is 30.3 Å². The molecule has 2 N–H and O–H groups in total. The first-order valence-corrected chi connectivity index (χ1v) is 10.8. The number of phenolic OH excluding ortho intramolecular Hbond substituents is 1. The second kappa shape index (κ2) is 7.17. The van der Waals surface area contributed by atoms with E-state index in [4.69, 9.17) is 11.6 Å². The predicted octanol–water partition coefficient (Wildman–Crippen LogP) is 5.28. The van der Waals surface area contributed by atoms with Crippen LogP contribution in [-0.4, -0.2) is 17.2 Å². The molecular formula is C24H25ClN2O2. The van der Waals surface area contributed by atoms with Crippen LogP contribution in [0.2, 0.25) is 5.02 Å². The van der Waals surface area contributed by atoms with Gasteiger partial charge in [0.05, 0.1) is 6.21 Å². The molecule has 4 fully saturated rings. The summed E-state index contributed by atoms with van der Waals surface area (Å²) in [5.41, 5.74) is 5.24. The van der Waals surface area contributed by atoms with Crippen LogP contribution in [-0.2, 0) is 5.41 Å². The van der Waals surface area contributed by atoms with Crippen LogP contribution >= 0.6 is 11.6 Å². The summed E-state index contributed by atoms with van der Waals surface area (Å²) in [7, 11) is 0. The highest BCUT2D eigenvalue weighted by Crippen LogP contribution is 2.60. The summed E-state index contributed by atoms with van der Waals surface area (Å²) in [4.78, 5) is 12.2. The third kappa shape index (κ3) is 3.55. The van der Waals surface area contributed by atoms with E-state index in [1.165, 1.54) is 50.3 Å². The van der Waals surface area contributed by atoms with Crippen molar-refractivity contribution in [1.82, 2.24) is 5.43 Å². The molecule has 150 valence electrons. The number of nitrogens with zero attached hydrogens (tertiary/aromatic N) is 1. The van der Waals surface area contributed by atoms with Gasteiger partial charge in [-0.25, -0.2) is 5.43 Å². The van der Waals surface area contributed by atoms with Gasteiger partial charge in [-0.3, -0.25) is 4.79 Å². The minimum absolute atomic E-state index is 0.183. The van der Waals surface area contributed by atoms with Gasteiger partial charge < -0.3 is 5.11 Å². The number of halogens is 1. The Bertz CT molecular complexity index is 932. The first-order valence-electron chi connectivity index (χ1n) is 10.4. The topological polar surface area (TPSA) is 61.7 Å². The van der Waals surface area contributed by atoms with Gasteiger partial charge in [-0.05, 0) is 104 Å². The molecular weight excluding hydrogens is 384 g/mol. The van der Waals surface area contributed by atoms with Crippen molar-refractivity contribution in [3.63, 3.8) is 0 Å². The smallest absolute Gasteiger partial charge is 0.271 e. The number of amides is 1. The molecule has 29 heavy (non-hydrogen) atoms. The molecule has 0 aliphatic heterocycles. The molecule has 0 aromatic heterocycles. The lowest BCUT2D eigenvalue weighted by Gasteiger charge is -2.57. The molecule has 4 aliphatic carbocycles. The SMILES string of the molecule is O=C(N/N=C/c1cc(C23CC4CC(CC(C4)C2)C3)ccc1O)c1ccc(Cl)cc1. The molecule has 4 aliphatic rings. The van der Waals surface area contributed by atoms with Crippen LogP contribution in [0.1, 0.15) is 60.0 Å². The summed E-state index contributed by atoms with van der Waals surface area (Å²) >= 11 is 5.86. The molecule has 6 rings (SSSR count). The van der Waals surface area contributed by atoms with Gasteiger partial charge in [-0.15, -0.1) is 0 Å². The third-order valence-corrected chi connectivity index (χ3v) is 7.41. The number of hydrogen-bond donors (Lipinski definition) is 2. The zero-order valence-corrected chi connectivity index (χ0v) is 17.0. The Labute approximate surface area is 176 Å². The van der Waals surface area contributed by atoms with E-state index in [0.717, 1.165) is 17.8 Å². The van der Waals surface area contributed by atoms with Gasteiger partial charge in [0.25, 0.3) is 5.91 Å². The maximum atomic E-state index is 12.2. The zero-order chi connectivity index (χ0) is 20.0. The maximum absolute atomic E-state index is 12.2. The molecule has 4 bridgehead atoms. The standard InChI is InChI=1S/C24H25ClN2O2/c25-21-4-1-18(2-5-21)23(29)27-26-14-19-10-20(3-6-22(19)28)24-11-15-7-16(12-24)9-17(8-15)13-24/h1-6,10,14-17,28H,7-9,11-13H2,(H,27,29)/b26-14+. The minimum atomic E-state index is -0.311. The van der Waals surface area contributed by atoms with E-state index in [0.29, 0.717) is 16.1 Å². The zero-order valence-electron chi connectivity index (χ0n) is 16.3. The summed E-state index contributed by atoms with van der Waals surface area (Å²) in [5.74, 6) is 2.47. The van der Waals surface area contributed by atoms with Crippen LogP contribution in [0.15, 0.2) is 47.6 Å². The minimum Gasteiger partial charge on any atom is -0.507 e. The summed E-state index contributed by atoms with van der Waals surface area (Å²) < 4.78 is 0. The van der Waals surface area contributed by atoms with E-state index < -0.39 is 0 Å². The van der Waals surface area contributed by atoms with E-state index in [1.807, 2.05) is 0 Å². The first-order chi connectivity index (χ1) is 14.0. The van der Waals surface area contributed by atoms with Crippen molar-refractivity contribution in [2.75, 3.05) is 0 Å². The molecule has 0 spiro atoms. The number of hydrogen-bond acceptors (Lipinski definition) is 3. The fraction of sp³-hybridized carbons (Fsp3) is 0.417. The Balaban J connectivity index is 1.34. The Morgan fingerprint density at radius 1 is 1.03 bits per heavy atom. The van der Waals surface area contributed by atoms with Crippen molar-refractivity contribution in [3.8, 4) is 5.75 Å². The Kier molecular flexibility index (Phi) is 4.62. The Hall–Kier alpha value is -2.33. The first kappa shape index (κ1) is 18.7. The third-order valence-electron chi connectivity index (χ3n) is 7.15. The molecule has 0 heterocycles. The van der Waals surface area contributed by atoms with Crippen molar-refractivity contribution in [3.05, 3.63) is 64.2 Å². The van der Waals surface area contributed by atoms with Crippen LogP contribution in [0.5, 0.6) is 5.75 Å². The van der Waals surface area contributed by atoms with E-state index >= 15 is 0 Å². The highest BCUT2D eigenvalue weighted by atomic mass is 35.5. The van der Waals surface area contributed by atoms with Gasteiger partial charge in [-0.2, -0.15) is 5.10 Å². The van der Waals surface area contributed by atoms with Crippen LogP contribution in [0.3, 0.4) is 0 Å². The highest BCUT2D eigenvalue weighted by molar-refractivity contribution is 6.30. The van der Waals surface area contributed by atoms with Crippen LogP contribution in [0.4, 0.5) is 0 Å². The molecule has 5 heteroatoms. The van der Waals surface area contributed by atoms with E-state index in [-0.39, 0.29) is 17.1 Å². The van der Waals surface area contributed by atoms with Crippen LogP contribution in [0, 0.1) is 17.8 Å². The second-order valence-electron chi connectivity index (χ2n) is 9.18. The maximum Gasteiger partial charge on any atom is 0.271 e. The van der Waals surface area contributed by atoms with Gasteiger partial charge in [0, 0.05) is 16.1 Å². The highest BCUT2D eigenvalue weighted by Gasteiger charge is 2.51. The monoisotopic (exact) mass is 408 g/mol. The molecule has 2 aromatic rings. The largest absolute Gasteiger partial charge is 0.507 e. The lowest BCUT2D eigenvalue weighted by atomic mass is 9.48. The summed E-state index contributed by atoms with van der Waals surface area (Å²) in [6.45, 7) is 0. The Morgan fingerprint density at radius 2 is 1.66 bits per heavy atom. The fourth-order valence-corrected chi connectivity index (χ4v) is 6.40. The summed E-state index contributed by atoms with van der Waals surface area (Å²) in [6, 6.07) is 12.6. The number of phenols is 1. The normalized spacial score (nSPS) is 30.0. The van der Waals surface area contributed by atoms with Gasteiger partial charge in [0.15, 0.2) is 0 Å². The average molecular weight is 409 g/mol. The molecule has 0 atom stereocenters. The molecule has 4 nitrogen and oxygen atoms in total. The molecule has 0 unspecified atom stereocenters. The number of benzene rings is 2. The van der Waals surface area contributed by atoms with Crippen molar-refractivity contribution >= 4 is 23.7 Å². The second-order valence-corrected chi connectivity index (χ2v) is 9.61. The number of rotatable bonds is 4. The molecule has 1 amide bonds. The average Bonchev–Trinajstić information content (AvgIpc) is 2.68. The van der Waals surface area contributed by atoms with Gasteiger partial charge in [0.2, 0.25) is 0 Å². The van der Waals surface area contributed by atoms with Crippen molar-refractivity contribution in [2.45, 2.75) is 43.9 Å². The van der Waals surface area contributed by atoms with Crippen molar-refractivity contribution in [1.29, 1.82) is 0 Å². The Morgan fingerprint density at radius 3 is 2.28 bits per heavy atom. The number of hydrazone groups is 1. The fourth-order valence-electron chi connectivity index (χ4n) is 6.28. The van der Waals surface area contributed by atoms with Crippen molar-refractivity contribution in [2.24, 2.45) is 22.9 Å². The molecule has 0 saturated heterocycles. The summed E-state index contributed by atoms with van der Waals surface area (Å²) in [6.07, 6.45) is 9.56. The lowest BCUT2D eigenvalue weighted by Crippen LogP contribution is -2.48. The predicted molar refractivity (Wildman–Crippen MR) is 114 cm³/mol. The van der Waals surface area contributed by atoms with E-state index in [2.05, 4.69) is 22.7 Å². The van der Waals surface area contributed by atoms with Gasteiger partial charge >= 0.3 is 0 Å². The van der Waals surface area contributed by atoms with Crippen molar-refractivity contribution < 1.29 is 9.90 Å². The number of carbonyl (C=O) groups is 1. The van der Waals surface area contributed by atoms with E-state index in [9.17, 15) is 9.90 Å². The van der Waals surface area contributed by atoms with Gasteiger partial charge in [-0.1, -0.05) is 17.7 Å². The number of aromatic hydroxyl groups is 1. The molecule has 4 saturated carbocycles. The van der Waals surface area contributed by atoms with Crippen LogP contribution < -0.4 is 5.43 Å². The summed E-state index contributed by atoms with van der Waals surface area (Å²) in [5, 5.41) is 15.0. The molecule has 2 aromatic carbocycles.